The van der Waals surface area contributed by atoms with Crippen molar-refractivity contribution in [2.24, 2.45) is 5.92 Å². The largest absolute Gasteiger partial charge is 0.313 e. The molecule has 1 aromatic heterocycles. The first-order valence-corrected chi connectivity index (χ1v) is 8.43. The third-order valence-electron chi connectivity index (χ3n) is 4.73. The van der Waals surface area contributed by atoms with Crippen molar-refractivity contribution in [1.82, 2.24) is 10.3 Å². The lowest BCUT2D eigenvalue weighted by Crippen LogP contribution is -2.38. The molecule has 0 spiro atoms. The normalized spacial score (nSPS) is 21.2. The molecule has 0 saturated heterocycles. The molecule has 1 N–H and O–H groups in total. The Morgan fingerprint density at radius 2 is 2.25 bits per heavy atom. The Balaban J connectivity index is 2.15. The number of nitrogens with one attached hydrogen (secondary N) is 1. The summed E-state index contributed by atoms with van der Waals surface area (Å²) < 4.78 is 0. The zero-order chi connectivity index (χ0) is 14.4. The molecule has 0 bridgehead atoms. The van der Waals surface area contributed by atoms with Gasteiger partial charge in [0.05, 0.1) is 0 Å². The fourth-order valence-electron chi connectivity index (χ4n) is 3.36. The van der Waals surface area contributed by atoms with E-state index in [1.165, 1.54) is 49.8 Å². The Bertz CT molecular complexity index is 402. The van der Waals surface area contributed by atoms with Crippen LogP contribution < -0.4 is 5.32 Å². The van der Waals surface area contributed by atoms with Crippen molar-refractivity contribution < 1.29 is 0 Å². The smallest absolute Gasteiger partial charge is 0.0481 e. The summed E-state index contributed by atoms with van der Waals surface area (Å²) >= 11 is 0. The van der Waals surface area contributed by atoms with Gasteiger partial charge in [-0.15, -0.1) is 0 Å². The molecule has 0 amide bonds. The number of fused-ring (bicyclic) bond motifs is 1. The number of rotatable bonds is 7. The predicted octanol–water partition coefficient (Wildman–Crippen LogP) is 4.31. The lowest BCUT2D eigenvalue weighted by atomic mass is 9.79. The van der Waals surface area contributed by atoms with E-state index in [2.05, 4.69) is 38.2 Å². The summed E-state index contributed by atoms with van der Waals surface area (Å²) in [6, 6.07) is 4.96. The maximum absolute atomic E-state index is 4.72. The van der Waals surface area contributed by atoms with E-state index in [0.29, 0.717) is 12.0 Å². The van der Waals surface area contributed by atoms with Gasteiger partial charge < -0.3 is 5.32 Å². The lowest BCUT2D eigenvalue weighted by molar-refractivity contribution is 0.321. The minimum absolute atomic E-state index is 0.596. The Kier molecular flexibility index (Phi) is 6.03. The van der Waals surface area contributed by atoms with Crippen LogP contribution in [0.1, 0.15) is 70.1 Å². The minimum Gasteiger partial charge on any atom is -0.313 e. The monoisotopic (exact) mass is 274 g/mol. The van der Waals surface area contributed by atoms with E-state index in [1.807, 2.05) is 6.20 Å². The van der Waals surface area contributed by atoms with E-state index in [4.69, 9.17) is 4.98 Å². The van der Waals surface area contributed by atoms with Gasteiger partial charge in [0.25, 0.3) is 0 Å². The topological polar surface area (TPSA) is 24.9 Å². The van der Waals surface area contributed by atoms with Crippen molar-refractivity contribution in [3.8, 4) is 0 Å². The molecule has 0 fully saturated rings. The molecule has 1 aliphatic carbocycles. The quantitative estimate of drug-likeness (QED) is 0.801. The van der Waals surface area contributed by atoms with E-state index >= 15 is 0 Å². The molecule has 2 rings (SSSR count). The summed E-state index contributed by atoms with van der Waals surface area (Å²) in [6.07, 6.45) is 9.54. The fourth-order valence-corrected chi connectivity index (χ4v) is 3.36. The summed E-state index contributed by atoms with van der Waals surface area (Å²) in [6.45, 7) is 8.05. The summed E-state index contributed by atoms with van der Waals surface area (Å²) in [4.78, 5) is 4.72. The van der Waals surface area contributed by atoms with E-state index in [1.54, 1.807) is 0 Å². The molecular weight excluding hydrogens is 244 g/mol. The molecule has 1 aliphatic rings. The van der Waals surface area contributed by atoms with Crippen LogP contribution in [-0.2, 0) is 6.42 Å². The molecule has 1 heterocycles. The van der Waals surface area contributed by atoms with Crippen LogP contribution in [-0.4, -0.2) is 17.6 Å². The first-order chi connectivity index (χ1) is 9.76. The molecule has 112 valence electrons. The maximum atomic E-state index is 4.72. The Labute approximate surface area is 124 Å². The number of aromatic nitrogens is 1. The maximum Gasteiger partial charge on any atom is 0.0481 e. The third-order valence-corrected chi connectivity index (χ3v) is 4.73. The van der Waals surface area contributed by atoms with E-state index in [0.717, 1.165) is 12.5 Å². The van der Waals surface area contributed by atoms with Crippen LogP contribution in [0.3, 0.4) is 0 Å². The summed E-state index contributed by atoms with van der Waals surface area (Å²) in [5.74, 6) is 1.40. The highest BCUT2D eigenvalue weighted by atomic mass is 14.9. The van der Waals surface area contributed by atoms with Gasteiger partial charge in [-0.1, -0.05) is 33.3 Å². The first-order valence-electron chi connectivity index (χ1n) is 8.43. The molecule has 0 saturated carbocycles. The second-order valence-electron chi connectivity index (χ2n) is 6.36. The second-order valence-corrected chi connectivity index (χ2v) is 6.36. The highest BCUT2D eigenvalue weighted by Gasteiger charge is 2.29. The molecule has 3 unspecified atom stereocenters. The fraction of sp³-hybridized carbons (Fsp3) is 0.722. The highest BCUT2D eigenvalue weighted by Crippen LogP contribution is 2.34. The number of nitrogens with zero attached hydrogens (tertiary/aromatic N) is 1. The number of pyridine rings is 1. The van der Waals surface area contributed by atoms with Crippen LogP contribution in [0.2, 0.25) is 0 Å². The molecule has 2 nitrogen and oxygen atoms in total. The highest BCUT2D eigenvalue weighted by molar-refractivity contribution is 5.27. The van der Waals surface area contributed by atoms with Gasteiger partial charge in [0.2, 0.25) is 0 Å². The molecule has 0 radical (unpaired) electrons. The van der Waals surface area contributed by atoms with Crippen molar-refractivity contribution in [1.29, 1.82) is 0 Å². The van der Waals surface area contributed by atoms with E-state index < -0.39 is 0 Å². The molecule has 2 heteroatoms. The van der Waals surface area contributed by atoms with Gasteiger partial charge in [-0.3, -0.25) is 4.98 Å². The van der Waals surface area contributed by atoms with Crippen LogP contribution in [0.5, 0.6) is 0 Å². The van der Waals surface area contributed by atoms with Crippen molar-refractivity contribution in [3.05, 3.63) is 29.6 Å². The van der Waals surface area contributed by atoms with Gasteiger partial charge in [-0.05, 0) is 56.2 Å². The number of hydrogen-bond donors (Lipinski definition) is 1. The van der Waals surface area contributed by atoms with Gasteiger partial charge in [-0.25, -0.2) is 0 Å². The van der Waals surface area contributed by atoms with Gasteiger partial charge in [-0.2, -0.15) is 0 Å². The van der Waals surface area contributed by atoms with Crippen LogP contribution >= 0.6 is 0 Å². The van der Waals surface area contributed by atoms with Crippen LogP contribution in [0.25, 0.3) is 0 Å². The summed E-state index contributed by atoms with van der Waals surface area (Å²) in [5.41, 5.74) is 2.85. The van der Waals surface area contributed by atoms with Gasteiger partial charge in [0, 0.05) is 23.9 Å². The van der Waals surface area contributed by atoms with Gasteiger partial charge in [0.15, 0.2) is 0 Å². The van der Waals surface area contributed by atoms with Gasteiger partial charge >= 0.3 is 0 Å². The molecule has 3 atom stereocenters. The Hall–Kier alpha value is -0.890. The molecular formula is C18H30N2. The lowest BCUT2D eigenvalue weighted by Gasteiger charge is -2.33. The van der Waals surface area contributed by atoms with Crippen molar-refractivity contribution in [2.45, 2.75) is 71.3 Å². The number of hydrogen-bond acceptors (Lipinski definition) is 2. The standard InChI is InChI=1S/C18H30N2/c1-4-11-19-17(13-14(3)5-2)16-10-6-8-15-9-7-12-20-18(15)16/h7,9,12,14,16-17,19H,4-6,8,10-11,13H2,1-3H3. The number of aryl methyl sites for hydroxylation is 1. The molecule has 1 aromatic rings. The first kappa shape index (κ1) is 15.5. The average Bonchev–Trinajstić information content (AvgIpc) is 2.50. The van der Waals surface area contributed by atoms with Crippen molar-refractivity contribution in [3.63, 3.8) is 0 Å². The van der Waals surface area contributed by atoms with Crippen LogP contribution in [0, 0.1) is 5.92 Å². The summed E-state index contributed by atoms with van der Waals surface area (Å²) in [5, 5.41) is 3.81. The van der Waals surface area contributed by atoms with Crippen LogP contribution in [0.15, 0.2) is 18.3 Å². The van der Waals surface area contributed by atoms with Crippen molar-refractivity contribution in [2.75, 3.05) is 6.54 Å². The predicted molar refractivity (Wildman–Crippen MR) is 86.1 cm³/mol. The van der Waals surface area contributed by atoms with E-state index in [9.17, 15) is 0 Å². The average molecular weight is 274 g/mol. The molecule has 20 heavy (non-hydrogen) atoms. The van der Waals surface area contributed by atoms with E-state index in [-0.39, 0.29) is 0 Å². The van der Waals surface area contributed by atoms with Crippen LogP contribution in [0.4, 0.5) is 0 Å². The molecule has 0 aliphatic heterocycles. The SMILES string of the molecule is CCCNC(CC(C)CC)C1CCCc2cccnc21. The minimum atomic E-state index is 0.596. The zero-order valence-electron chi connectivity index (χ0n) is 13.4. The Morgan fingerprint density at radius 3 is 3.00 bits per heavy atom. The van der Waals surface area contributed by atoms with Crippen molar-refractivity contribution >= 4 is 0 Å². The second kappa shape index (κ2) is 7.78. The Morgan fingerprint density at radius 1 is 1.40 bits per heavy atom. The third kappa shape index (κ3) is 3.82. The molecule has 0 aromatic carbocycles. The van der Waals surface area contributed by atoms with Gasteiger partial charge in [0.1, 0.15) is 0 Å². The zero-order valence-corrected chi connectivity index (χ0v) is 13.4. The summed E-state index contributed by atoms with van der Waals surface area (Å²) in [7, 11) is 0.